The van der Waals surface area contributed by atoms with E-state index in [2.05, 4.69) is 26.1 Å². The summed E-state index contributed by atoms with van der Waals surface area (Å²) in [4.78, 5) is 0. The molecule has 1 heteroatoms. The maximum Gasteiger partial charge on any atom is 0.00618 e. The van der Waals surface area contributed by atoms with Crippen molar-refractivity contribution in [2.75, 3.05) is 6.54 Å². The summed E-state index contributed by atoms with van der Waals surface area (Å²) in [6.07, 6.45) is 25.8. The van der Waals surface area contributed by atoms with Crippen molar-refractivity contribution in [1.82, 2.24) is 5.32 Å². The summed E-state index contributed by atoms with van der Waals surface area (Å²) < 4.78 is 0. The van der Waals surface area contributed by atoms with Gasteiger partial charge in [0.25, 0.3) is 0 Å². The lowest BCUT2D eigenvalue weighted by molar-refractivity contribution is 0.466. The lowest BCUT2D eigenvalue weighted by atomic mass is 10.0. The third kappa shape index (κ3) is 18.3. The molecule has 1 nitrogen and oxygen atoms in total. The van der Waals surface area contributed by atoms with Gasteiger partial charge in [-0.2, -0.15) is 0 Å². The monoisotopic (exact) mass is 339 g/mol. The summed E-state index contributed by atoms with van der Waals surface area (Å²) in [5, 5.41) is 3.67. The Bertz CT molecular complexity index is 210. The van der Waals surface area contributed by atoms with Crippen LogP contribution in [0, 0.1) is 0 Å². The largest absolute Gasteiger partial charge is 0.314 e. The summed E-state index contributed by atoms with van der Waals surface area (Å²) in [7, 11) is 0. The highest BCUT2D eigenvalue weighted by Gasteiger charge is 2.00. The minimum absolute atomic E-state index is 0.751. The van der Waals surface area contributed by atoms with Crippen molar-refractivity contribution in [3.63, 3.8) is 0 Å². The topological polar surface area (TPSA) is 12.0 Å². The van der Waals surface area contributed by atoms with Crippen LogP contribution in [0.2, 0.25) is 0 Å². The van der Waals surface area contributed by atoms with Crippen molar-refractivity contribution >= 4 is 0 Å². The molecule has 1 N–H and O–H groups in total. The van der Waals surface area contributed by atoms with E-state index in [-0.39, 0.29) is 0 Å². The minimum atomic E-state index is 0.751. The highest BCUT2D eigenvalue weighted by Crippen LogP contribution is 2.13. The van der Waals surface area contributed by atoms with E-state index in [4.69, 9.17) is 0 Å². The number of hydrogen-bond acceptors (Lipinski definition) is 1. The molecular formula is C23H49N. The fourth-order valence-corrected chi connectivity index (χ4v) is 3.56. The summed E-state index contributed by atoms with van der Waals surface area (Å²) in [5.41, 5.74) is 0. The molecule has 0 aliphatic carbocycles. The standard InChI is InChI=1S/C23H49N/c1-4-7-8-9-10-11-12-13-14-15-16-17-18-19-20-21-22-24-23(5-2)6-3/h23-24H,4-22H2,1-3H3. The molecule has 0 bridgehead atoms. The molecule has 0 saturated heterocycles. The smallest absolute Gasteiger partial charge is 0.00618 e. The lowest BCUT2D eigenvalue weighted by Gasteiger charge is -2.14. The Morgan fingerprint density at radius 1 is 0.458 bits per heavy atom. The molecule has 24 heavy (non-hydrogen) atoms. The van der Waals surface area contributed by atoms with Gasteiger partial charge in [-0.15, -0.1) is 0 Å². The van der Waals surface area contributed by atoms with Crippen molar-refractivity contribution < 1.29 is 0 Å². The molecule has 0 aliphatic heterocycles. The van der Waals surface area contributed by atoms with Gasteiger partial charge in [-0.3, -0.25) is 0 Å². The van der Waals surface area contributed by atoms with Crippen LogP contribution >= 0.6 is 0 Å². The summed E-state index contributed by atoms with van der Waals surface area (Å²) in [6.45, 7) is 8.10. The van der Waals surface area contributed by atoms with Crippen LogP contribution < -0.4 is 5.32 Å². The van der Waals surface area contributed by atoms with Gasteiger partial charge < -0.3 is 5.32 Å². The molecule has 0 rings (SSSR count). The Morgan fingerprint density at radius 2 is 0.792 bits per heavy atom. The van der Waals surface area contributed by atoms with E-state index < -0.39 is 0 Å². The Balaban J connectivity index is 3.03. The van der Waals surface area contributed by atoms with Gasteiger partial charge in [-0.1, -0.05) is 117 Å². The number of hydrogen-bond donors (Lipinski definition) is 1. The van der Waals surface area contributed by atoms with Gasteiger partial charge in [0.2, 0.25) is 0 Å². The zero-order valence-corrected chi connectivity index (χ0v) is 17.5. The maximum atomic E-state index is 3.67. The van der Waals surface area contributed by atoms with Gasteiger partial charge in [-0.05, 0) is 25.8 Å². The summed E-state index contributed by atoms with van der Waals surface area (Å²) in [6, 6.07) is 0.751. The molecule has 0 amide bonds. The third-order valence-corrected chi connectivity index (χ3v) is 5.45. The van der Waals surface area contributed by atoms with Gasteiger partial charge in [-0.25, -0.2) is 0 Å². The number of rotatable bonds is 20. The van der Waals surface area contributed by atoms with Crippen LogP contribution in [0.15, 0.2) is 0 Å². The van der Waals surface area contributed by atoms with Crippen molar-refractivity contribution in [3.05, 3.63) is 0 Å². The average Bonchev–Trinajstić information content (AvgIpc) is 2.61. The van der Waals surface area contributed by atoms with Crippen molar-refractivity contribution in [2.24, 2.45) is 0 Å². The van der Waals surface area contributed by atoms with E-state index in [9.17, 15) is 0 Å². The predicted octanol–water partition coefficient (Wildman–Crippen LogP) is 8.03. The normalized spacial score (nSPS) is 11.5. The molecule has 0 unspecified atom stereocenters. The number of nitrogens with one attached hydrogen (secondary N) is 1. The van der Waals surface area contributed by atoms with Crippen molar-refractivity contribution in [2.45, 2.75) is 142 Å². The van der Waals surface area contributed by atoms with Crippen LogP contribution in [0.25, 0.3) is 0 Å². The van der Waals surface area contributed by atoms with Crippen LogP contribution in [0.3, 0.4) is 0 Å². The van der Waals surface area contributed by atoms with Crippen LogP contribution in [0.5, 0.6) is 0 Å². The van der Waals surface area contributed by atoms with Gasteiger partial charge in [0, 0.05) is 6.04 Å². The molecule has 0 aliphatic rings. The Kier molecular flexibility index (Phi) is 21.0. The Labute approximate surface area is 154 Å². The third-order valence-electron chi connectivity index (χ3n) is 5.45. The van der Waals surface area contributed by atoms with E-state index in [0.717, 1.165) is 6.04 Å². The zero-order chi connectivity index (χ0) is 17.7. The second-order valence-electron chi connectivity index (χ2n) is 7.77. The van der Waals surface area contributed by atoms with E-state index in [1.807, 2.05) is 0 Å². The first kappa shape index (κ1) is 24.0. The fraction of sp³-hybridized carbons (Fsp3) is 1.00. The van der Waals surface area contributed by atoms with E-state index in [1.165, 1.54) is 122 Å². The fourth-order valence-electron chi connectivity index (χ4n) is 3.56. The maximum absolute atomic E-state index is 3.67. The first-order valence-corrected chi connectivity index (χ1v) is 11.6. The van der Waals surface area contributed by atoms with E-state index in [1.54, 1.807) is 0 Å². The van der Waals surface area contributed by atoms with Crippen LogP contribution in [-0.4, -0.2) is 12.6 Å². The molecule has 0 aromatic heterocycles. The van der Waals surface area contributed by atoms with Crippen LogP contribution in [-0.2, 0) is 0 Å². The summed E-state index contributed by atoms with van der Waals surface area (Å²) in [5.74, 6) is 0. The number of unbranched alkanes of at least 4 members (excludes halogenated alkanes) is 15. The molecule has 0 heterocycles. The van der Waals surface area contributed by atoms with Crippen molar-refractivity contribution in [3.8, 4) is 0 Å². The lowest BCUT2D eigenvalue weighted by Crippen LogP contribution is -2.28. The second kappa shape index (κ2) is 21.0. The molecule has 0 atom stereocenters. The van der Waals surface area contributed by atoms with Crippen LogP contribution in [0.4, 0.5) is 0 Å². The molecule has 0 aromatic carbocycles. The SMILES string of the molecule is CCCCCCCCCCCCCCCCCCNC(CC)CC. The van der Waals surface area contributed by atoms with E-state index >= 15 is 0 Å². The molecule has 146 valence electrons. The average molecular weight is 340 g/mol. The second-order valence-corrected chi connectivity index (χ2v) is 7.77. The Hall–Kier alpha value is -0.0400. The minimum Gasteiger partial charge on any atom is -0.314 e. The molecule has 0 saturated carbocycles. The molecule has 0 radical (unpaired) electrons. The van der Waals surface area contributed by atoms with Crippen LogP contribution in [0.1, 0.15) is 136 Å². The first-order valence-electron chi connectivity index (χ1n) is 11.6. The van der Waals surface area contributed by atoms with Gasteiger partial charge in [0.15, 0.2) is 0 Å². The zero-order valence-electron chi connectivity index (χ0n) is 17.5. The molecule has 0 aromatic rings. The first-order chi connectivity index (χ1) is 11.8. The molecular weight excluding hydrogens is 290 g/mol. The van der Waals surface area contributed by atoms with Gasteiger partial charge in [0.05, 0.1) is 0 Å². The highest BCUT2D eigenvalue weighted by molar-refractivity contribution is 4.61. The predicted molar refractivity (Wildman–Crippen MR) is 112 cm³/mol. The highest BCUT2D eigenvalue weighted by atomic mass is 14.9. The van der Waals surface area contributed by atoms with E-state index in [0.29, 0.717) is 0 Å². The van der Waals surface area contributed by atoms with Crippen molar-refractivity contribution in [1.29, 1.82) is 0 Å². The summed E-state index contributed by atoms with van der Waals surface area (Å²) >= 11 is 0. The quantitative estimate of drug-likeness (QED) is 0.221. The van der Waals surface area contributed by atoms with Gasteiger partial charge in [0.1, 0.15) is 0 Å². The molecule has 0 fully saturated rings. The Morgan fingerprint density at radius 3 is 1.12 bits per heavy atom. The molecule has 0 spiro atoms. The van der Waals surface area contributed by atoms with Gasteiger partial charge >= 0.3 is 0 Å².